The van der Waals surface area contributed by atoms with Gasteiger partial charge in [0.25, 0.3) is 5.92 Å². The minimum Gasteiger partial charge on any atom is -0.330 e. The Bertz CT molecular complexity index is 353. The van der Waals surface area contributed by atoms with E-state index in [1.807, 2.05) is 0 Å². The highest BCUT2D eigenvalue weighted by Crippen LogP contribution is 2.32. The fourth-order valence-electron chi connectivity index (χ4n) is 1.24. The lowest BCUT2D eigenvalue weighted by Crippen LogP contribution is -2.19. The predicted molar refractivity (Wildman–Crippen MR) is 51.9 cm³/mol. The molecule has 0 aliphatic rings. The molecule has 1 aromatic carbocycles. The molecule has 0 spiro atoms. The Morgan fingerprint density at radius 2 is 2.00 bits per heavy atom. The van der Waals surface area contributed by atoms with Crippen LogP contribution in [0.1, 0.15) is 17.5 Å². The van der Waals surface area contributed by atoms with E-state index in [-0.39, 0.29) is 24.1 Å². The van der Waals surface area contributed by atoms with Crippen molar-refractivity contribution in [3.63, 3.8) is 0 Å². The molecule has 0 aliphatic carbocycles. The molecule has 2 N–H and O–H groups in total. The van der Waals surface area contributed by atoms with Crippen molar-refractivity contribution in [3.05, 3.63) is 35.4 Å². The second kappa shape index (κ2) is 4.21. The van der Waals surface area contributed by atoms with E-state index in [9.17, 15) is 8.78 Å². The van der Waals surface area contributed by atoms with Crippen molar-refractivity contribution in [3.8, 4) is 12.3 Å². The number of nitrogens with two attached hydrogens (primary N) is 1. The van der Waals surface area contributed by atoms with E-state index < -0.39 is 5.92 Å². The Hall–Kier alpha value is -1.40. The molecule has 0 unspecified atom stereocenters. The van der Waals surface area contributed by atoms with Crippen LogP contribution in [0, 0.1) is 12.3 Å². The first kappa shape index (κ1) is 10.7. The van der Waals surface area contributed by atoms with Crippen LogP contribution in [0.2, 0.25) is 0 Å². The molecule has 0 radical (unpaired) electrons. The third-order valence-electron chi connectivity index (χ3n) is 1.93. The quantitative estimate of drug-likeness (QED) is 0.734. The maximum absolute atomic E-state index is 13.4. The lowest BCUT2D eigenvalue weighted by Gasteiger charge is -2.17. The van der Waals surface area contributed by atoms with Gasteiger partial charge in [0.15, 0.2) is 0 Å². The largest absolute Gasteiger partial charge is 0.330 e. The molecule has 0 amide bonds. The summed E-state index contributed by atoms with van der Waals surface area (Å²) < 4.78 is 26.9. The highest BCUT2D eigenvalue weighted by atomic mass is 19.3. The number of hydrogen-bond donors (Lipinski definition) is 1. The fraction of sp³-hybridized carbons (Fsp3) is 0.273. The van der Waals surface area contributed by atoms with E-state index >= 15 is 0 Å². The van der Waals surface area contributed by atoms with Crippen LogP contribution < -0.4 is 5.73 Å². The monoisotopic (exact) mass is 195 g/mol. The van der Waals surface area contributed by atoms with Crippen molar-refractivity contribution in [2.24, 2.45) is 5.73 Å². The molecule has 1 nitrogen and oxygen atoms in total. The smallest absolute Gasteiger partial charge is 0.275 e. The van der Waals surface area contributed by atoms with Crippen LogP contribution in [-0.4, -0.2) is 6.54 Å². The van der Waals surface area contributed by atoms with E-state index in [0.717, 1.165) is 0 Å². The zero-order chi connectivity index (χ0) is 10.6. The summed E-state index contributed by atoms with van der Waals surface area (Å²) in [6.45, 7) is -0.0636. The highest BCUT2D eigenvalue weighted by Gasteiger charge is 2.32. The van der Waals surface area contributed by atoms with Crippen LogP contribution in [0.25, 0.3) is 0 Å². The fourth-order valence-corrected chi connectivity index (χ4v) is 1.24. The molecule has 14 heavy (non-hydrogen) atoms. The maximum Gasteiger partial charge on any atom is 0.275 e. The predicted octanol–water partition coefficient (Wildman–Crippen LogP) is 2.11. The van der Waals surface area contributed by atoms with Gasteiger partial charge in [-0.15, -0.1) is 6.42 Å². The summed E-state index contributed by atoms with van der Waals surface area (Å²) >= 11 is 0. The molecule has 0 saturated carbocycles. The molecule has 0 bridgehead atoms. The standard InChI is InChI=1S/C11H11F2N/c1-2-9-5-3-4-6-10(9)11(12,13)7-8-14/h1,3-6H,7-8,14H2. The van der Waals surface area contributed by atoms with E-state index in [1.165, 1.54) is 12.1 Å². The average molecular weight is 195 g/mol. The van der Waals surface area contributed by atoms with Gasteiger partial charge in [-0.2, -0.15) is 0 Å². The summed E-state index contributed by atoms with van der Waals surface area (Å²) in [4.78, 5) is 0. The van der Waals surface area contributed by atoms with Crippen molar-refractivity contribution in [2.45, 2.75) is 12.3 Å². The molecule has 3 heteroatoms. The van der Waals surface area contributed by atoms with Crippen LogP contribution in [0.15, 0.2) is 24.3 Å². The van der Waals surface area contributed by atoms with Gasteiger partial charge in [-0.1, -0.05) is 24.1 Å². The van der Waals surface area contributed by atoms with Gasteiger partial charge in [0.1, 0.15) is 0 Å². The van der Waals surface area contributed by atoms with E-state index in [4.69, 9.17) is 12.2 Å². The number of alkyl halides is 2. The van der Waals surface area contributed by atoms with Crippen LogP contribution in [0.5, 0.6) is 0 Å². The van der Waals surface area contributed by atoms with Gasteiger partial charge < -0.3 is 5.73 Å². The molecular formula is C11H11F2N. The van der Waals surface area contributed by atoms with Crippen molar-refractivity contribution >= 4 is 0 Å². The first-order valence-corrected chi connectivity index (χ1v) is 4.26. The van der Waals surface area contributed by atoms with Gasteiger partial charge in [0.05, 0.1) is 0 Å². The Balaban J connectivity index is 3.12. The zero-order valence-electron chi connectivity index (χ0n) is 7.63. The van der Waals surface area contributed by atoms with Gasteiger partial charge in [-0.25, -0.2) is 8.78 Å². The molecule has 0 aromatic heterocycles. The van der Waals surface area contributed by atoms with Gasteiger partial charge in [0.2, 0.25) is 0 Å². The SMILES string of the molecule is C#Cc1ccccc1C(F)(F)CCN. The molecular weight excluding hydrogens is 184 g/mol. The topological polar surface area (TPSA) is 26.0 Å². The molecule has 0 fully saturated rings. The maximum atomic E-state index is 13.4. The Morgan fingerprint density at radius 1 is 1.36 bits per heavy atom. The second-order valence-electron chi connectivity index (χ2n) is 2.93. The van der Waals surface area contributed by atoms with Crippen molar-refractivity contribution in [1.29, 1.82) is 0 Å². The summed E-state index contributed by atoms with van der Waals surface area (Å²) in [7, 11) is 0. The van der Waals surface area contributed by atoms with Crippen molar-refractivity contribution in [2.75, 3.05) is 6.54 Å². The van der Waals surface area contributed by atoms with Crippen molar-refractivity contribution < 1.29 is 8.78 Å². The summed E-state index contributed by atoms with van der Waals surface area (Å²) in [6, 6.07) is 6.02. The summed E-state index contributed by atoms with van der Waals surface area (Å²) in [5, 5.41) is 0. The van der Waals surface area contributed by atoms with Crippen LogP contribution in [-0.2, 0) is 5.92 Å². The van der Waals surface area contributed by atoms with Gasteiger partial charge >= 0.3 is 0 Å². The molecule has 1 aromatic rings. The Labute approximate surface area is 81.9 Å². The minimum atomic E-state index is -2.93. The lowest BCUT2D eigenvalue weighted by molar-refractivity contribution is -0.0109. The number of benzene rings is 1. The lowest BCUT2D eigenvalue weighted by atomic mass is 10.00. The van der Waals surface area contributed by atoms with Crippen LogP contribution in [0.3, 0.4) is 0 Å². The normalized spacial score (nSPS) is 11.0. The molecule has 0 atom stereocenters. The Kier molecular flexibility index (Phi) is 3.21. The first-order valence-electron chi connectivity index (χ1n) is 4.26. The van der Waals surface area contributed by atoms with E-state index in [1.54, 1.807) is 12.1 Å². The van der Waals surface area contributed by atoms with E-state index in [0.29, 0.717) is 0 Å². The molecule has 74 valence electrons. The number of rotatable bonds is 3. The summed E-state index contributed by atoms with van der Waals surface area (Å²) in [6.07, 6.45) is 4.75. The van der Waals surface area contributed by atoms with Gasteiger partial charge in [-0.05, 0) is 12.6 Å². The number of terminal acetylenes is 1. The third-order valence-corrected chi connectivity index (χ3v) is 1.93. The Morgan fingerprint density at radius 3 is 2.57 bits per heavy atom. The molecule has 0 saturated heterocycles. The van der Waals surface area contributed by atoms with Gasteiger partial charge in [0, 0.05) is 17.5 Å². The molecule has 1 rings (SSSR count). The second-order valence-corrected chi connectivity index (χ2v) is 2.93. The van der Waals surface area contributed by atoms with Crippen LogP contribution in [0.4, 0.5) is 8.78 Å². The third kappa shape index (κ3) is 2.09. The number of hydrogen-bond acceptors (Lipinski definition) is 1. The molecule has 0 aliphatic heterocycles. The summed E-state index contributed by atoms with van der Waals surface area (Å²) in [5.41, 5.74) is 5.22. The first-order chi connectivity index (χ1) is 6.61. The van der Waals surface area contributed by atoms with Gasteiger partial charge in [-0.3, -0.25) is 0 Å². The van der Waals surface area contributed by atoms with Crippen molar-refractivity contribution in [1.82, 2.24) is 0 Å². The average Bonchev–Trinajstić information content (AvgIpc) is 2.18. The highest BCUT2D eigenvalue weighted by molar-refractivity contribution is 5.42. The summed E-state index contributed by atoms with van der Waals surface area (Å²) in [5.74, 6) is -0.694. The number of halogens is 2. The zero-order valence-corrected chi connectivity index (χ0v) is 7.63. The minimum absolute atomic E-state index is 0.0636. The molecule has 0 heterocycles. The van der Waals surface area contributed by atoms with Crippen LogP contribution >= 0.6 is 0 Å². The van der Waals surface area contributed by atoms with E-state index in [2.05, 4.69) is 5.92 Å².